The first-order valence-electron chi connectivity index (χ1n) is 8.76. The molecular formula is C18H22Cl2N6O. The Hall–Kier alpha value is -2.09. The molecule has 0 radical (unpaired) electrons. The minimum atomic E-state index is -0.213. The van der Waals surface area contributed by atoms with Crippen LogP contribution in [-0.4, -0.2) is 33.3 Å². The number of hydrogen-bond donors (Lipinski definition) is 3. The summed E-state index contributed by atoms with van der Waals surface area (Å²) in [5.74, 6) is 0.786. The summed E-state index contributed by atoms with van der Waals surface area (Å²) < 4.78 is 1.73. The van der Waals surface area contributed by atoms with E-state index in [1.54, 1.807) is 23.0 Å². The van der Waals surface area contributed by atoms with Crippen molar-refractivity contribution in [2.24, 2.45) is 5.92 Å². The van der Waals surface area contributed by atoms with Crippen LogP contribution in [0, 0.1) is 5.92 Å². The molecule has 3 aromatic rings. The van der Waals surface area contributed by atoms with E-state index in [4.69, 9.17) is 23.2 Å². The van der Waals surface area contributed by atoms with Gasteiger partial charge >= 0.3 is 0 Å². The molecule has 1 aromatic carbocycles. The minimum absolute atomic E-state index is 0.213. The van der Waals surface area contributed by atoms with Gasteiger partial charge in [-0.2, -0.15) is 5.10 Å². The quantitative estimate of drug-likeness (QED) is 0.532. The third-order valence-corrected chi connectivity index (χ3v) is 5.05. The summed E-state index contributed by atoms with van der Waals surface area (Å²) in [5.41, 5.74) is 1.78. The van der Waals surface area contributed by atoms with E-state index >= 15 is 0 Å². The topological polar surface area (TPSA) is 87.6 Å². The lowest BCUT2D eigenvalue weighted by atomic mass is 10.1. The van der Waals surface area contributed by atoms with E-state index < -0.39 is 0 Å². The van der Waals surface area contributed by atoms with E-state index in [1.807, 2.05) is 13.1 Å². The molecule has 0 saturated heterocycles. The summed E-state index contributed by atoms with van der Waals surface area (Å²) in [6, 6.07) is 5.38. The molecule has 144 valence electrons. The zero-order valence-corrected chi connectivity index (χ0v) is 16.7. The fraction of sp³-hybridized carbons (Fsp3) is 0.389. The molecule has 0 aliphatic rings. The van der Waals surface area contributed by atoms with Gasteiger partial charge in [0.05, 0.1) is 16.2 Å². The van der Waals surface area contributed by atoms with Gasteiger partial charge in [-0.05, 0) is 43.6 Å². The van der Waals surface area contributed by atoms with Crippen LogP contribution in [-0.2, 0) is 13.1 Å². The molecule has 2 heterocycles. The highest BCUT2D eigenvalue weighted by Crippen LogP contribution is 2.23. The van der Waals surface area contributed by atoms with Crippen molar-refractivity contribution in [3.05, 3.63) is 50.4 Å². The van der Waals surface area contributed by atoms with Gasteiger partial charge in [-0.1, -0.05) is 36.2 Å². The van der Waals surface area contributed by atoms with E-state index in [2.05, 4.69) is 32.6 Å². The number of hydrogen-bond acceptors (Lipinski definition) is 5. The van der Waals surface area contributed by atoms with Crippen LogP contribution in [0.4, 0.5) is 5.95 Å². The molecule has 1 unspecified atom stereocenters. The Bertz CT molecular complexity index is 984. The Labute approximate surface area is 167 Å². The summed E-state index contributed by atoms with van der Waals surface area (Å²) in [5, 5.41) is 11.6. The number of benzene rings is 1. The van der Waals surface area contributed by atoms with Crippen LogP contribution in [0.5, 0.6) is 0 Å². The monoisotopic (exact) mass is 408 g/mol. The fourth-order valence-corrected chi connectivity index (χ4v) is 3.16. The van der Waals surface area contributed by atoms with Crippen molar-refractivity contribution < 1.29 is 0 Å². The average molecular weight is 409 g/mol. The lowest BCUT2D eigenvalue weighted by Crippen LogP contribution is -2.19. The first kappa shape index (κ1) is 19.7. The second kappa shape index (κ2) is 8.73. The molecule has 0 aliphatic carbocycles. The van der Waals surface area contributed by atoms with Gasteiger partial charge in [0.25, 0.3) is 5.56 Å². The van der Waals surface area contributed by atoms with Gasteiger partial charge in [0.1, 0.15) is 5.52 Å². The SMILES string of the molecule is CNCCC(C)Cn1ncc2nc(NCc3ccc(Cl)c(Cl)c3)[nH]c(=O)c21. The number of aromatic amines is 1. The Morgan fingerprint density at radius 1 is 1.30 bits per heavy atom. The Balaban J connectivity index is 1.75. The van der Waals surface area contributed by atoms with Gasteiger partial charge in [0, 0.05) is 13.1 Å². The second-order valence-corrected chi connectivity index (χ2v) is 7.39. The van der Waals surface area contributed by atoms with Crippen LogP contribution >= 0.6 is 23.2 Å². The van der Waals surface area contributed by atoms with Crippen LogP contribution < -0.4 is 16.2 Å². The molecule has 1 atom stereocenters. The number of nitrogens with zero attached hydrogens (tertiary/aromatic N) is 3. The van der Waals surface area contributed by atoms with Crippen molar-refractivity contribution in [3.63, 3.8) is 0 Å². The van der Waals surface area contributed by atoms with Crippen molar-refractivity contribution in [3.8, 4) is 0 Å². The van der Waals surface area contributed by atoms with Crippen LogP contribution in [0.1, 0.15) is 18.9 Å². The summed E-state index contributed by atoms with van der Waals surface area (Å²) in [6.07, 6.45) is 2.63. The van der Waals surface area contributed by atoms with Gasteiger partial charge < -0.3 is 10.6 Å². The Kier molecular flexibility index (Phi) is 6.36. The molecule has 0 spiro atoms. The summed E-state index contributed by atoms with van der Waals surface area (Å²) in [7, 11) is 1.93. The van der Waals surface area contributed by atoms with Gasteiger partial charge in [-0.25, -0.2) is 4.98 Å². The lowest BCUT2D eigenvalue weighted by Gasteiger charge is -2.11. The molecule has 0 fully saturated rings. The molecule has 3 rings (SSSR count). The van der Waals surface area contributed by atoms with Crippen LogP contribution in [0.2, 0.25) is 10.0 Å². The summed E-state index contributed by atoms with van der Waals surface area (Å²) in [4.78, 5) is 19.8. The molecule has 2 aromatic heterocycles. The van der Waals surface area contributed by atoms with E-state index in [9.17, 15) is 4.79 Å². The summed E-state index contributed by atoms with van der Waals surface area (Å²) in [6.45, 7) is 4.20. The van der Waals surface area contributed by atoms with Crippen molar-refractivity contribution in [1.82, 2.24) is 25.1 Å². The van der Waals surface area contributed by atoms with E-state index in [0.717, 1.165) is 18.5 Å². The van der Waals surface area contributed by atoms with E-state index in [1.165, 1.54) is 0 Å². The number of anilines is 1. The van der Waals surface area contributed by atoms with Crippen LogP contribution in [0.3, 0.4) is 0 Å². The van der Waals surface area contributed by atoms with E-state index in [0.29, 0.717) is 46.0 Å². The number of nitrogens with one attached hydrogen (secondary N) is 3. The summed E-state index contributed by atoms with van der Waals surface area (Å²) >= 11 is 12.0. The molecule has 27 heavy (non-hydrogen) atoms. The number of halogens is 2. The van der Waals surface area contributed by atoms with E-state index in [-0.39, 0.29) is 5.56 Å². The molecule has 7 nitrogen and oxygen atoms in total. The molecule has 9 heteroatoms. The number of H-pyrrole nitrogens is 1. The average Bonchev–Trinajstić information content (AvgIpc) is 3.04. The third kappa shape index (κ3) is 4.80. The fourth-order valence-electron chi connectivity index (χ4n) is 2.84. The lowest BCUT2D eigenvalue weighted by molar-refractivity contribution is 0.426. The third-order valence-electron chi connectivity index (χ3n) is 4.32. The van der Waals surface area contributed by atoms with Gasteiger partial charge in [-0.3, -0.25) is 14.5 Å². The number of rotatable bonds is 8. The zero-order chi connectivity index (χ0) is 19.4. The first-order chi connectivity index (χ1) is 13.0. The predicted molar refractivity (Wildman–Crippen MR) is 110 cm³/mol. The van der Waals surface area contributed by atoms with Crippen LogP contribution in [0.15, 0.2) is 29.2 Å². The molecule has 0 bridgehead atoms. The number of fused-ring (bicyclic) bond motifs is 1. The second-order valence-electron chi connectivity index (χ2n) is 6.57. The normalized spacial score (nSPS) is 12.4. The minimum Gasteiger partial charge on any atom is -0.352 e. The van der Waals surface area contributed by atoms with Gasteiger partial charge in [0.15, 0.2) is 5.52 Å². The Morgan fingerprint density at radius 3 is 2.85 bits per heavy atom. The predicted octanol–water partition coefficient (Wildman–Crippen LogP) is 3.28. The zero-order valence-electron chi connectivity index (χ0n) is 15.2. The largest absolute Gasteiger partial charge is 0.352 e. The van der Waals surface area contributed by atoms with Crippen LogP contribution in [0.25, 0.3) is 11.0 Å². The van der Waals surface area contributed by atoms with Crippen molar-refractivity contribution >= 4 is 40.2 Å². The molecule has 0 aliphatic heterocycles. The maximum absolute atomic E-state index is 12.5. The maximum atomic E-state index is 12.5. The highest BCUT2D eigenvalue weighted by Gasteiger charge is 2.13. The van der Waals surface area contributed by atoms with Gasteiger partial charge in [-0.15, -0.1) is 0 Å². The maximum Gasteiger partial charge on any atom is 0.278 e. The van der Waals surface area contributed by atoms with Crippen molar-refractivity contribution in [2.75, 3.05) is 18.9 Å². The molecule has 3 N–H and O–H groups in total. The highest BCUT2D eigenvalue weighted by atomic mass is 35.5. The highest BCUT2D eigenvalue weighted by molar-refractivity contribution is 6.42. The molecular weight excluding hydrogens is 387 g/mol. The Morgan fingerprint density at radius 2 is 2.11 bits per heavy atom. The van der Waals surface area contributed by atoms with Gasteiger partial charge in [0.2, 0.25) is 5.95 Å². The number of aromatic nitrogens is 4. The first-order valence-corrected chi connectivity index (χ1v) is 9.51. The smallest absolute Gasteiger partial charge is 0.278 e. The van der Waals surface area contributed by atoms with Crippen molar-refractivity contribution in [1.29, 1.82) is 0 Å². The van der Waals surface area contributed by atoms with Crippen molar-refractivity contribution in [2.45, 2.75) is 26.4 Å². The molecule has 0 saturated carbocycles. The molecule has 0 amide bonds. The standard InChI is InChI=1S/C18H22Cl2N6O/c1-11(5-6-21-2)10-26-16-15(9-23-26)24-18(25-17(16)27)22-8-12-3-4-13(19)14(20)7-12/h3-4,7,9,11,21H,5-6,8,10H2,1-2H3,(H2,22,24,25,27).